The summed E-state index contributed by atoms with van der Waals surface area (Å²) in [5.41, 5.74) is 0. The molecule has 0 amide bonds. The Hall–Kier alpha value is -0.160. The lowest BCUT2D eigenvalue weighted by atomic mass is 10.2. The number of aliphatic hydroxyl groups is 1. The van der Waals surface area contributed by atoms with E-state index in [1.54, 1.807) is 6.92 Å². The fraction of sp³-hybridized carbons (Fsp3) is 1.00. The summed E-state index contributed by atoms with van der Waals surface area (Å²) in [7, 11) is 0. The number of rotatable bonds is 6. The lowest BCUT2D eigenvalue weighted by Gasteiger charge is -2.28. The molecule has 1 heterocycles. The van der Waals surface area contributed by atoms with Crippen molar-refractivity contribution >= 4 is 0 Å². The van der Waals surface area contributed by atoms with Crippen LogP contribution >= 0.6 is 0 Å². The van der Waals surface area contributed by atoms with Gasteiger partial charge in [-0.2, -0.15) is 0 Å². The smallest absolute Gasteiger partial charge is 0.160 e. The summed E-state index contributed by atoms with van der Waals surface area (Å²) < 4.78 is 16.3. The van der Waals surface area contributed by atoms with Crippen molar-refractivity contribution in [2.75, 3.05) is 19.8 Å². The van der Waals surface area contributed by atoms with Gasteiger partial charge >= 0.3 is 0 Å². The van der Waals surface area contributed by atoms with Crippen molar-refractivity contribution < 1.29 is 19.3 Å². The van der Waals surface area contributed by atoms with Crippen molar-refractivity contribution in [1.29, 1.82) is 0 Å². The molecule has 1 N–H and O–H groups in total. The van der Waals surface area contributed by atoms with Gasteiger partial charge in [-0.25, -0.2) is 0 Å². The molecule has 3 atom stereocenters. The molecular weight excluding hydrogens is 196 g/mol. The molecule has 15 heavy (non-hydrogen) atoms. The summed E-state index contributed by atoms with van der Waals surface area (Å²) in [6.07, 6.45) is 2.32. The van der Waals surface area contributed by atoms with Crippen LogP contribution in [0.4, 0.5) is 0 Å². The average Bonchev–Trinajstić information content (AvgIpc) is 2.17. The molecule has 0 saturated carbocycles. The lowest BCUT2D eigenvalue weighted by molar-refractivity contribution is -0.213. The third-order valence-corrected chi connectivity index (χ3v) is 2.39. The van der Waals surface area contributed by atoms with Crippen molar-refractivity contribution in [3.05, 3.63) is 0 Å². The van der Waals surface area contributed by atoms with Gasteiger partial charge in [0.1, 0.15) is 0 Å². The molecule has 1 saturated heterocycles. The molecule has 0 spiro atoms. The van der Waals surface area contributed by atoms with Crippen LogP contribution in [-0.2, 0) is 14.2 Å². The van der Waals surface area contributed by atoms with Crippen LogP contribution in [0.3, 0.4) is 0 Å². The van der Waals surface area contributed by atoms with Gasteiger partial charge in [0.2, 0.25) is 0 Å². The molecule has 1 rings (SSSR count). The van der Waals surface area contributed by atoms with E-state index in [1.165, 1.54) is 0 Å². The molecule has 0 bridgehead atoms. The zero-order valence-electron chi connectivity index (χ0n) is 9.65. The number of hydrogen-bond acceptors (Lipinski definition) is 4. The van der Waals surface area contributed by atoms with Crippen molar-refractivity contribution in [2.24, 2.45) is 0 Å². The third-order valence-electron chi connectivity index (χ3n) is 2.39. The number of hydrogen-bond donors (Lipinski definition) is 1. The van der Waals surface area contributed by atoms with Crippen molar-refractivity contribution in [1.82, 2.24) is 0 Å². The Labute approximate surface area is 91.5 Å². The first kappa shape index (κ1) is 12.9. The van der Waals surface area contributed by atoms with E-state index in [0.29, 0.717) is 25.7 Å². The van der Waals surface area contributed by atoms with Gasteiger partial charge in [-0.15, -0.1) is 0 Å². The minimum Gasteiger partial charge on any atom is -0.393 e. The largest absolute Gasteiger partial charge is 0.393 e. The molecule has 4 heteroatoms. The van der Waals surface area contributed by atoms with Crippen LogP contribution in [0.5, 0.6) is 0 Å². The molecule has 90 valence electrons. The van der Waals surface area contributed by atoms with Crippen LogP contribution in [0.2, 0.25) is 0 Å². The maximum Gasteiger partial charge on any atom is 0.160 e. The van der Waals surface area contributed by atoms with E-state index in [0.717, 1.165) is 19.4 Å². The Bertz CT molecular complexity index is 161. The van der Waals surface area contributed by atoms with Gasteiger partial charge in [-0.3, -0.25) is 0 Å². The lowest BCUT2D eigenvalue weighted by Crippen LogP contribution is -2.31. The summed E-state index contributed by atoms with van der Waals surface area (Å²) in [5, 5.41) is 9.01. The van der Waals surface area contributed by atoms with E-state index < -0.39 is 0 Å². The normalized spacial score (nSPS) is 29.0. The first-order valence-electron chi connectivity index (χ1n) is 5.71. The average molecular weight is 218 g/mol. The standard InChI is InChI=1S/C11H22O4/c1-9(12)3-6-13-7-5-11-14-8-4-10(2)15-11/h9-12H,3-8H2,1-2H3. The second-order valence-corrected chi connectivity index (χ2v) is 4.07. The summed E-state index contributed by atoms with van der Waals surface area (Å²) in [5.74, 6) is 0. The zero-order valence-corrected chi connectivity index (χ0v) is 9.65. The number of aliphatic hydroxyl groups excluding tert-OH is 1. The fourth-order valence-corrected chi connectivity index (χ4v) is 1.42. The van der Waals surface area contributed by atoms with Crippen LogP contribution in [0.15, 0.2) is 0 Å². The van der Waals surface area contributed by atoms with Gasteiger partial charge in [0.05, 0.1) is 25.4 Å². The minimum atomic E-state index is -0.285. The van der Waals surface area contributed by atoms with E-state index in [9.17, 15) is 0 Å². The minimum absolute atomic E-state index is 0.111. The van der Waals surface area contributed by atoms with Gasteiger partial charge in [-0.1, -0.05) is 0 Å². The highest BCUT2D eigenvalue weighted by atomic mass is 16.7. The SMILES string of the molecule is CC(O)CCOCCC1OCCC(C)O1. The summed E-state index contributed by atoms with van der Waals surface area (Å²) in [6, 6.07) is 0. The summed E-state index contributed by atoms with van der Waals surface area (Å²) in [6.45, 7) is 5.83. The summed E-state index contributed by atoms with van der Waals surface area (Å²) >= 11 is 0. The second-order valence-electron chi connectivity index (χ2n) is 4.07. The van der Waals surface area contributed by atoms with Gasteiger partial charge in [0, 0.05) is 13.0 Å². The zero-order chi connectivity index (χ0) is 11.1. The van der Waals surface area contributed by atoms with E-state index in [1.807, 2.05) is 0 Å². The molecule has 0 radical (unpaired) electrons. The molecule has 1 aliphatic rings. The highest BCUT2D eigenvalue weighted by molar-refractivity contribution is 4.58. The van der Waals surface area contributed by atoms with E-state index >= 15 is 0 Å². The first-order chi connectivity index (χ1) is 7.18. The molecular formula is C11H22O4. The van der Waals surface area contributed by atoms with Crippen molar-refractivity contribution in [2.45, 2.75) is 51.6 Å². The summed E-state index contributed by atoms with van der Waals surface area (Å²) in [4.78, 5) is 0. The highest BCUT2D eigenvalue weighted by Crippen LogP contribution is 2.14. The van der Waals surface area contributed by atoms with Crippen LogP contribution in [-0.4, -0.2) is 43.4 Å². The van der Waals surface area contributed by atoms with Gasteiger partial charge < -0.3 is 19.3 Å². The Balaban J connectivity index is 1.95. The van der Waals surface area contributed by atoms with Crippen LogP contribution in [0.25, 0.3) is 0 Å². The Morgan fingerprint density at radius 3 is 2.93 bits per heavy atom. The van der Waals surface area contributed by atoms with E-state index in [2.05, 4.69) is 6.92 Å². The van der Waals surface area contributed by atoms with Crippen LogP contribution in [0, 0.1) is 0 Å². The molecule has 4 nitrogen and oxygen atoms in total. The molecule has 0 aromatic carbocycles. The molecule has 3 unspecified atom stereocenters. The molecule has 0 aromatic heterocycles. The maximum absolute atomic E-state index is 9.01. The van der Waals surface area contributed by atoms with Crippen molar-refractivity contribution in [3.63, 3.8) is 0 Å². The quantitative estimate of drug-likeness (QED) is 0.683. The predicted octanol–water partition coefficient (Wildman–Crippen LogP) is 1.32. The third kappa shape index (κ3) is 6.10. The van der Waals surface area contributed by atoms with Crippen molar-refractivity contribution in [3.8, 4) is 0 Å². The predicted molar refractivity (Wildman–Crippen MR) is 56.6 cm³/mol. The molecule has 1 fully saturated rings. The fourth-order valence-electron chi connectivity index (χ4n) is 1.42. The second kappa shape index (κ2) is 7.17. The first-order valence-corrected chi connectivity index (χ1v) is 5.71. The topological polar surface area (TPSA) is 47.9 Å². The number of ether oxygens (including phenoxy) is 3. The Morgan fingerprint density at radius 2 is 2.27 bits per heavy atom. The van der Waals surface area contributed by atoms with Crippen LogP contribution in [0.1, 0.15) is 33.1 Å². The van der Waals surface area contributed by atoms with E-state index in [4.69, 9.17) is 19.3 Å². The molecule has 0 aliphatic carbocycles. The van der Waals surface area contributed by atoms with Gasteiger partial charge in [-0.05, 0) is 26.7 Å². The Kier molecular flexibility index (Phi) is 6.17. The monoisotopic (exact) mass is 218 g/mol. The maximum atomic E-state index is 9.01. The highest BCUT2D eigenvalue weighted by Gasteiger charge is 2.18. The van der Waals surface area contributed by atoms with Gasteiger partial charge in [0.15, 0.2) is 6.29 Å². The Morgan fingerprint density at radius 1 is 1.47 bits per heavy atom. The molecule has 0 aromatic rings. The van der Waals surface area contributed by atoms with E-state index in [-0.39, 0.29) is 12.4 Å². The van der Waals surface area contributed by atoms with Gasteiger partial charge in [0.25, 0.3) is 0 Å². The van der Waals surface area contributed by atoms with Crippen LogP contribution < -0.4 is 0 Å². The molecule has 1 aliphatic heterocycles.